The first-order valence-electron chi connectivity index (χ1n) is 12.8. The van der Waals surface area contributed by atoms with Crippen molar-refractivity contribution in [3.63, 3.8) is 0 Å². The molecular formula is C30H34N2O5. The number of aliphatic hydroxyl groups excluding tert-OH is 1. The fourth-order valence-electron chi connectivity index (χ4n) is 4.57. The van der Waals surface area contributed by atoms with Crippen LogP contribution >= 0.6 is 0 Å². The van der Waals surface area contributed by atoms with Gasteiger partial charge in [-0.2, -0.15) is 0 Å². The molecule has 5 rings (SSSR count). The highest BCUT2D eigenvalue weighted by Crippen LogP contribution is 2.44. The molecular weight excluding hydrogens is 468 g/mol. The van der Waals surface area contributed by atoms with Gasteiger partial charge in [-0.25, -0.2) is 4.98 Å². The summed E-state index contributed by atoms with van der Waals surface area (Å²) < 4.78 is 11.8. The number of aromatic nitrogens is 1. The van der Waals surface area contributed by atoms with Crippen molar-refractivity contribution in [1.82, 2.24) is 4.98 Å². The fraction of sp³-hybridized carbons (Fsp3) is 0.400. The standard InChI is InChI=1S/C30H34N2O5/c1-18-4-6-19(7-5-18)27-28-23(29(2,31)17-36-28)15-26(32-27)30(3,35)13-12-24(34)20-8-11-25(21(14-20)16-33)37-22-9-10-22/h4-8,11,14-15,22,33,35H,9-10,12-13,16-17,31H2,1-3H3. The Balaban J connectivity index is 1.40. The van der Waals surface area contributed by atoms with Crippen LogP contribution in [0.4, 0.5) is 0 Å². The minimum Gasteiger partial charge on any atom is -0.490 e. The van der Waals surface area contributed by atoms with Crippen molar-refractivity contribution >= 4 is 5.78 Å². The number of aryl methyl sites for hydroxylation is 1. The van der Waals surface area contributed by atoms with Crippen LogP contribution in [0.5, 0.6) is 11.5 Å². The van der Waals surface area contributed by atoms with Gasteiger partial charge in [-0.15, -0.1) is 0 Å². The van der Waals surface area contributed by atoms with Crippen LogP contribution in [0.1, 0.15) is 72.3 Å². The number of benzene rings is 2. The Bertz CT molecular complexity index is 1330. The maximum Gasteiger partial charge on any atom is 0.163 e. The third-order valence-electron chi connectivity index (χ3n) is 7.19. The van der Waals surface area contributed by atoms with Crippen LogP contribution < -0.4 is 15.2 Å². The number of nitrogens with two attached hydrogens (primary N) is 1. The number of aliphatic hydroxyl groups is 2. The van der Waals surface area contributed by atoms with Gasteiger partial charge >= 0.3 is 0 Å². The highest BCUT2D eigenvalue weighted by molar-refractivity contribution is 5.96. The molecule has 2 unspecified atom stereocenters. The number of ether oxygens (including phenoxy) is 2. The molecule has 2 atom stereocenters. The molecule has 0 saturated heterocycles. The third-order valence-corrected chi connectivity index (χ3v) is 7.19. The van der Waals surface area contributed by atoms with E-state index in [0.29, 0.717) is 40.6 Å². The van der Waals surface area contributed by atoms with E-state index >= 15 is 0 Å². The summed E-state index contributed by atoms with van der Waals surface area (Å²) in [7, 11) is 0. The summed E-state index contributed by atoms with van der Waals surface area (Å²) in [6.45, 7) is 5.70. The van der Waals surface area contributed by atoms with E-state index in [1.54, 1.807) is 31.2 Å². The van der Waals surface area contributed by atoms with E-state index in [-0.39, 0.29) is 31.3 Å². The monoisotopic (exact) mass is 502 g/mol. The van der Waals surface area contributed by atoms with Crippen LogP contribution in [0.25, 0.3) is 11.3 Å². The molecule has 1 saturated carbocycles. The molecule has 0 spiro atoms. The van der Waals surface area contributed by atoms with Gasteiger partial charge in [0.2, 0.25) is 0 Å². The largest absolute Gasteiger partial charge is 0.490 e. The Hall–Kier alpha value is -3.26. The smallest absolute Gasteiger partial charge is 0.163 e. The van der Waals surface area contributed by atoms with Crippen LogP contribution in [0.3, 0.4) is 0 Å². The quantitative estimate of drug-likeness (QED) is 0.368. The molecule has 1 aliphatic heterocycles. The van der Waals surface area contributed by atoms with E-state index < -0.39 is 11.1 Å². The van der Waals surface area contributed by atoms with Gasteiger partial charge in [0.05, 0.1) is 23.9 Å². The van der Waals surface area contributed by atoms with Gasteiger partial charge in [-0.3, -0.25) is 4.79 Å². The second-order valence-corrected chi connectivity index (χ2v) is 10.8. The maximum absolute atomic E-state index is 13.1. The Morgan fingerprint density at radius 2 is 1.95 bits per heavy atom. The molecule has 4 N–H and O–H groups in total. The number of pyridine rings is 1. The number of rotatable bonds is 9. The first-order valence-corrected chi connectivity index (χ1v) is 12.8. The summed E-state index contributed by atoms with van der Waals surface area (Å²) in [5, 5.41) is 21.3. The SMILES string of the molecule is Cc1ccc(-c2nc(C(C)(O)CCC(=O)c3ccc(OC4CC4)c(CO)c3)cc3c2OCC3(C)N)cc1. The van der Waals surface area contributed by atoms with Gasteiger partial charge in [-0.1, -0.05) is 29.8 Å². The van der Waals surface area contributed by atoms with E-state index in [2.05, 4.69) is 0 Å². The van der Waals surface area contributed by atoms with Crippen molar-refractivity contribution in [2.45, 2.75) is 70.3 Å². The maximum atomic E-state index is 13.1. The second kappa shape index (κ2) is 9.56. The molecule has 7 heteroatoms. The van der Waals surface area contributed by atoms with Crippen LogP contribution in [-0.4, -0.2) is 33.7 Å². The highest BCUT2D eigenvalue weighted by atomic mass is 16.5. The van der Waals surface area contributed by atoms with E-state index in [0.717, 1.165) is 29.5 Å². The van der Waals surface area contributed by atoms with E-state index in [9.17, 15) is 15.0 Å². The lowest BCUT2D eigenvalue weighted by molar-refractivity contribution is 0.0396. The number of fused-ring (bicyclic) bond motifs is 1. The number of Topliss-reactive ketones (excluding diaryl/α,β-unsaturated/α-hetero) is 1. The Morgan fingerprint density at radius 1 is 1.22 bits per heavy atom. The summed E-state index contributed by atoms with van der Waals surface area (Å²) in [4.78, 5) is 17.9. The Kier molecular flexibility index (Phi) is 6.56. The molecule has 0 amide bonds. The van der Waals surface area contributed by atoms with Crippen LogP contribution in [0.2, 0.25) is 0 Å². The normalized spacial score (nSPS) is 20.2. The van der Waals surface area contributed by atoms with Gasteiger partial charge in [0, 0.05) is 28.7 Å². The zero-order chi connectivity index (χ0) is 26.4. The summed E-state index contributed by atoms with van der Waals surface area (Å²) >= 11 is 0. The lowest BCUT2D eigenvalue weighted by Crippen LogP contribution is -2.35. The zero-order valence-corrected chi connectivity index (χ0v) is 21.6. The van der Waals surface area contributed by atoms with Crippen LogP contribution in [0.15, 0.2) is 48.5 Å². The van der Waals surface area contributed by atoms with Gasteiger partial charge in [0.25, 0.3) is 0 Å². The Morgan fingerprint density at radius 3 is 2.62 bits per heavy atom. The van der Waals surface area contributed by atoms with E-state index in [4.69, 9.17) is 20.2 Å². The number of ketones is 1. The van der Waals surface area contributed by atoms with Gasteiger partial charge in [0.1, 0.15) is 23.7 Å². The number of carbonyl (C=O) groups is 1. The Labute approximate surface area is 217 Å². The molecule has 1 fully saturated rings. The number of nitrogens with zero attached hydrogens (tertiary/aromatic N) is 1. The second-order valence-electron chi connectivity index (χ2n) is 10.8. The number of hydrogen-bond donors (Lipinski definition) is 3. The molecule has 2 aliphatic rings. The molecule has 2 heterocycles. The molecule has 0 radical (unpaired) electrons. The van der Waals surface area contributed by atoms with Crippen molar-refractivity contribution in [3.8, 4) is 22.8 Å². The molecule has 194 valence electrons. The van der Waals surface area contributed by atoms with Crippen molar-refractivity contribution in [3.05, 3.63) is 76.5 Å². The molecule has 3 aromatic rings. The lowest BCUT2D eigenvalue weighted by Gasteiger charge is -2.25. The number of carbonyl (C=O) groups excluding carboxylic acids is 1. The molecule has 37 heavy (non-hydrogen) atoms. The predicted octanol–water partition coefficient (Wildman–Crippen LogP) is 4.53. The summed E-state index contributed by atoms with van der Waals surface area (Å²) in [5.74, 6) is 1.13. The third kappa shape index (κ3) is 5.25. The first-order chi connectivity index (χ1) is 17.6. The minimum atomic E-state index is -1.38. The van der Waals surface area contributed by atoms with Gasteiger partial charge in [0.15, 0.2) is 11.5 Å². The van der Waals surface area contributed by atoms with Crippen molar-refractivity contribution < 1.29 is 24.5 Å². The topological polar surface area (TPSA) is 115 Å². The average molecular weight is 503 g/mol. The number of hydrogen-bond acceptors (Lipinski definition) is 7. The molecule has 0 bridgehead atoms. The van der Waals surface area contributed by atoms with Crippen molar-refractivity contribution in [2.75, 3.05) is 6.61 Å². The molecule has 7 nitrogen and oxygen atoms in total. The summed E-state index contributed by atoms with van der Waals surface area (Å²) in [6.07, 6.45) is 2.50. The van der Waals surface area contributed by atoms with E-state index in [1.165, 1.54) is 0 Å². The highest BCUT2D eigenvalue weighted by Gasteiger charge is 2.38. The van der Waals surface area contributed by atoms with Gasteiger partial charge in [-0.05, 0) is 64.3 Å². The predicted molar refractivity (Wildman–Crippen MR) is 141 cm³/mol. The van der Waals surface area contributed by atoms with E-state index in [1.807, 2.05) is 38.1 Å². The van der Waals surface area contributed by atoms with Crippen molar-refractivity contribution in [2.24, 2.45) is 5.73 Å². The first kappa shape index (κ1) is 25.4. The summed E-state index contributed by atoms with van der Waals surface area (Å²) in [6, 6.07) is 14.9. The average Bonchev–Trinajstić information content (AvgIpc) is 3.64. The molecule has 1 aliphatic carbocycles. The van der Waals surface area contributed by atoms with Crippen LogP contribution in [0, 0.1) is 6.92 Å². The van der Waals surface area contributed by atoms with Gasteiger partial charge < -0.3 is 25.4 Å². The van der Waals surface area contributed by atoms with Crippen LogP contribution in [-0.2, 0) is 17.7 Å². The fourth-order valence-corrected chi connectivity index (χ4v) is 4.57. The summed E-state index contributed by atoms with van der Waals surface area (Å²) in [5.41, 5.74) is 9.37. The molecule has 2 aromatic carbocycles. The van der Waals surface area contributed by atoms with Crippen molar-refractivity contribution in [1.29, 1.82) is 0 Å². The zero-order valence-electron chi connectivity index (χ0n) is 21.6. The minimum absolute atomic E-state index is 0.107. The lowest BCUT2D eigenvalue weighted by atomic mass is 9.88. The molecule has 1 aromatic heterocycles.